The molecule has 2 heteroatoms. The smallest absolute Gasteiger partial charge is 0.0579 e. The lowest BCUT2D eigenvalue weighted by molar-refractivity contribution is -0.0146. The molecule has 1 radical (unpaired) electrons. The fourth-order valence-electron chi connectivity index (χ4n) is 1.58. The minimum Gasteiger partial charge on any atom is -0.376 e. The van der Waals surface area contributed by atoms with Crippen molar-refractivity contribution in [3.8, 4) is 0 Å². The van der Waals surface area contributed by atoms with E-state index in [0.717, 1.165) is 25.7 Å². The van der Waals surface area contributed by atoms with Gasteiger partial charge in [0.1, 0.15) is 0 Å². The zero-order chi connectivity index (χ0) is 8.27. The summed E-state index contributed by atoms with van der Waals surface area (Å²) < 4.78 is 5.66. The Bertz CT molecular complexity index is 106. The first-order valence-corrected chi connectivity index (χ1v) is 4.55. The summed E-state index contributed by atoms with van der Waals surface area (Å²) in [5.74, 6) is 0. The second-order valence-corrected chi connectivity index (χ2v) is 3.66. The Morgan fingerprint density at radius 3 is 2.18 bits per heavy atom. The van der Waals surface area contributed by atoms with Crippen LogP contribution in [0.4, 0.5) is 0 Å². The fourth-order valence-corrected chi connectivity index (χ4v) is 1.58. The lowest BCUT2D eigenvalue weighted by atomic mass is 9.94. The minimum absolute atomic E-state index is 0.182. The molecule has 0 aliphatic heterocycles. The Labute approximate surface area is 69.1 Å². The number of ether oxygens (including phenoxy) is 1. The van der Waals surface area contributed by atoms with Gasteiger partial charge in [-0.25, -0.2) is 0 Å². The molecule has 0 saturated heterocycles. The number of hydrogen-bond acceptors (Lipinski definition) is 1. The Morgan fingerprint density at radius 2 is 1.73 bits per heavy atom. The second-order valence-electron chi connectivity index (χ2n) is 3.66. The van der Waals surface area contributed by atoms with Crippen LogP contribution in [-0.2, 0) is 4.74 Å². The zero-order valence-electron chi connectivity index (χ0n) is 7.47. The summed E-state index contributed by atoms with van der Waals surface area (Å²) in [6.07, 6.45) is 5.02. The highest BCUT2D eigenvalue weighted by Crippen LogP contribution is 2.21. The molecule has 0 spiro atoms. The summed E-state index contributed by atoms with van der Waals surface area (Å²) in [6.45, 7) is 4.15. The van der Waals surface area contributed by atoms with Gasteiger partial charge in [0, 0.05) is 6.04 Å². The monoisotopic (exact) mass is 156 g/mol. The van der Waals surface area contributed by atoms with Crippen molar-refractivity contribution in [2.45, 2.75) is 57.8 Å². The van der Waals surface area contributed by atoms with E-state index >= 15 is 0 Å². The van der Waals surface area contributed by atoms with E-state index in [1.165, 1.54) is 0 Å². The van der Waals surface area contributed by atoms with Crippen molar-refractivity contribution in [1.82, 2.24) is 5.73 Å². The van der Waals surface area contributed by atoms with Crippen LogP contribution in [0.15, 0.2) is 0 Å². The molecule has 0 unspecified atom stereocenters. The van der Waals surface area contributed by atoms with E-state index in [0.29, 0.717) is 12.2 Å². The maximum atomic E-state index is 7.49. The molecule has 2 nitrogen and oxygen atoms in total. The Hall–Kier alpha value is -0.0800. The molecule has 0 atom stereocenters. The Kier molecular flexibility index (Phi) is 3.34. The molecular formula is C9H18NO. The van der Waals surface area contributed by atoms with Crippen LogP contribution in [0, 0.1) is 0 Å². The molecule has 1 aliphatic rings. The molecule has 11 heavy (non-hydrogen) atoms. The quantitative estimate of drug-likeness (QED) is 0.602. The van der Waals surface area contributed by atoms with Gasteiger partial charge in [0.25, 0.3) is 0 Å². The fraction of sp³-hybridized carbons (Fsp3) is 1.00. The van der Waals surface area contributed by atoms with Gasteiger partial charge in [-0.05, 0) is 39.5 Å². The van der Waals surface area contributed by atoms with Crippen molar-refractivity contribution in [1.29, 1.82) is 0 Å². The summed E-state index contributed by atoms with van der Waals surface area (Å²) in [6, 6.07) is 0.182. The summed E-state index contributed by atoms with van der Waals surface area (Å²) in [4.78, 5) is 0. The Balaban J connectivity index is 2.17. The summed E-state index contributed by atoms with van der Waals surface area (Å²) in [5.41, 5.74) is 7.49. The molecule has 1 aliphatic carbocycles. The van der Waals surface area contributed by atoms with Gasteiger partial charge in [0.05, 0.1) is 12.2 Å². The van der Waals surface area contributed by atoms with Crippen LogP contribution in [0.5, 0.6) is 0 Å². The minimum atomic E-state index is 0.182. The lowest BCUT2D eigenvalue weighted by Gasteiger charge is -2.27. The average Bonchev–Trinajstić information content (AvgIpc) is 1.93. The van der Waals surface area contributed by atoms with Crippen LogP contribution in [0.2, 0.25) is 0 Å². The predicted octanol–water partition coefficient (Wildman–Crippen LogP) is 2.01. The van der Waals surface area contributed by atoms with Crippen LogP contribution in [0.25, 0.3) is 0 Å². The number of hydrogen-bond donors (Lipinski definition) is 0. The van der Waals surface area contributed by atoms with E-state index in [9.17, 15) is 0 Å². The van der Waals surface area contributed by atoms with E-state index in [1.807, 2.05) is 0 Å². The van der Waals surface area contributed by atoms with Crippen molar-refractivity contribution in [2.75, 3.05) is 0 Å². The van der Waals surface area contributed by atoms with Crippen molar-refractivity contribution in [2.24, 2.45) is 0 Å². The molecule has 0 aromatic rings. The van der Waals surface area contributed by atoms with E-state index in [1.54, 1.807) is 0 Å². The van der Waals surface area contributed by atoms with Gasteiger partial charge >= 0.3 is 0 Å². The van der Waals surface area contributed by atoms with Crippen LogP contribution in [0.3, 0.4) is 0 Å². The van der Waals surface area contributed by atoms with Gasteiger partial charge in [-0.1, -0.05) is 0 Å². The van der Waals surface area contributed by atoms with Crippen molar-refractivity contribution in [3.63, 3.8) is 0 Å². The third kappa shape index (κ3) is 3.21. The predicted molar refractivity (Wildman–Crippen MR) is 45.4 cm³/mol. The topological polar surface area (TPSA) is 33.0 Å². The summed E-state index contributed by atoms with van der Waals surface area (Å²) in [5, 5.41) is 0. The van der Waals surface area contributed by atoms with Crippen LogP contribution in [0.1, 0.15) is 39.5 Å². The molecule has 0 heterocycles. The summed E-state index contributed by atoms with van der Waals surface area (Å²) >= 11 is 0. The highest BCUT2D eigenvalue weighted by molar-refractivity contribution is 4.74. The maximum absolute atomic E-state index is 7.49. The standard InChI is InChI=1S/C9H18NO/c1-7(2)11-9-5-3-8(10)4-6-9/h7-10H,3-6H2,1-2H3. The van der Waals surface area contributed by atoms with Gasteiger partial charge in [-0.15, -0.1) is 0 Å². The van der Waals surface area contributed by atoms with E-state index in [2.05, 4.69) is 13.8 Å². The second kappa shape index (κ2) is 4.07. The first-order chi connectivity index (χ1) is 5.18. The molecule has 0 aromatic heterocycles. The lowest BCUT2D eigenvalue weighted by Crippen LogP contribution is -2.27. The molecule has 1 N–H and O–H groups in total. The first-order valence-electron chi connectivity index (χ1n) is 4.55. The highest BCUT2D eigenvalue weighted by atomic mass is 16.5. The van der Waals surface area contributed by atoms with Gasteiger partial charge < -0.3 is 4.74 Å². The SMILES string of the molecule is CC(C)OC1CCC([NH])CC1. The Morgan fingerprint density at radius 1 is 1.18 bits per heavy atom. The first kappa shape index (κ1) is 9.01. The average molecular weight is 156 g/mol. The van der Waals surface area contributed by atoms with Crippen molar-refractivity contribution >= 4 is 0 Å². The molecular weight excluding hydrogens is 138 g/mol. The molecule has 1 rings (SSSR count). The zero-order valence-corrected chi connectivity index (χ0v) is 7.47. The maximum Gasteiger partial charge on any atom is 0.0579 e. The van der Waals surface area contributed by atoms with Gasteiger partial charge in [0.15, 0.2) is 0 Å². The van der Waals surface area contributed by atoms with E-state index < -0.39 is 0 Å². The van der Waals surface area contributed by atoms with Crippen LogP contribution < -0.4 is 5.73 Å². The highest BCUT2D eigenvalue weighted by Gasteiger charge is 2.19. The molecule has 1 fully saturated rings. The molecule has 0 amide bonds. The molecule has 65 valence electrons. The third-order valence-electron chi connectivity index (χ3n) is 2.14. The number of nitrogens with one attached hydrogen (secondary N) is 1. The van der Waals surface area contributed by atoms with E-state index in [4.69, 9.17) is 10.5 Å². The molecule has 0 bridgehead atoms. The van der Waals surface area contributed by atoms with Crippen molar-refractivity contribution in [3.05, 3.63) is 0 Å². The third-order valence-corrected chi connectivity index (χ3v) is 2.14. The van der Waals surface area contributed by atoms with Crippen molar-refractivity contribution < 1.29 is 4.74 Å². The van der Waals surface area contributed by atoms with Gasteiger partial charge in [-0.3, -0.25) is 5.73 Å². The van der Waals surface area contributed by atoms with Gasteiger partial charge in [0.2, 0.25) is 0 Å². The largest absolute Gasteiger partial charge is 0.376 e. The molecule has 0 aromatic carbocycles. The summed E-state index contributed by atoms with van der Waals surface area (Å²) in [7, 11) is 0. The van der Waals surface area contributed by atoms with Crippen LogP contribution in [-0.4, -0.2) is 18.2 Å². The van der Waals surface area contributed by atoms with Crippen LogP contribution >= 0.6 is 0 Å². The molecule has 1 saturated carbocycles. The number of rotatable bonds is 2. The normalized spacial score (nSPS) is 32.7. The van der Waals surface area contributed by atoms with E-state index in [-0.39, 0.29) is 6.04 Å². The van der Waals surface area contributed by atoms with Gasteiger partial charge in [-0.2, -0.15) is 0 Å².